The summed E-state index contributed by atoms with van der Waals surface area (Å²) < 4.78 is 63.2. The van der Waals surface area contributed by atoms with Crippen LogP contribution in [0.4, 0.5) is 33.6 Å². The molecule has 0 bridgehead atoms. The molecule has 9 heteroatoms. The Labute approximate surface area is 105 Å². The third kappa shape index (κ3) is 4.51. The molecule has 1 heterocycles. The molecule has 0 aliphatic carbocycles. The van der Waals surface area contributed by atoms with Gasteiger partial charge in [-0.25, -0.2) is 13.8 Å². The largest absolute Gasteiger partial charge is 0.416 e. The van der Waals surface area contributed by atoms with E-state index in [1.54, 1.807) is 0 Å². The first kappa shape index (κ1) is 15.4. The summed E-state index contributed by atoms with van der Waals surface area (Å²) >= 11 is 0. The first-order chi connectivity index (χ1) is 8.68. The average molecular weight is 285 g/mol. The molecular weight excluding hydrogens is 273 g/mol. The number of nitrogens with one attached hydrogen (secondary N) is 2. The van der Waals surface area contributed by atoms with Gasteiger partial charge in [-0.15, -0.1) is 0 Å². The fraction of sp³-hybridized carbons (Fsp3) is 0.500. The molecule has 0 unspecified atom stereocenters. The molecule has 0 aliphatic heterocycles. The van der Waals surface area contributed by atoms with Gasteiger partial charge in [-0.3, -0.25) is 0 Å². The third-order valence-corrected chi connectivity index (χ3v) is 2.17. The summed E-state index contributed by atoms with van der Waals surface area (Å²) in [6.45, 7) is -2.42. The lowest BCUT2D eigenvalue weighted by Gasteiger charge is -2.16. The Bertz CT molecular complexity index is 436. The van der Waals surface area contributed by atoms with Crippen LogP contribution in [0.15, 0.2) is 12.1 Å². The molecule has 3 N–H and O–H groups in total. The lowest BCUT2D eigenvalue weighted by atomic mass is 10.2. The number of anilines is 2. The van der Waals surface area contributed by atoms with Crippen LogP contribution in [0.2, 0.25) is 0 Å². The van der Waals surface area contributed by atoms with E-state index in [1.807, 2.05) is 0 Å². The Morgan fingerprint density at radius 1 is 1.16 bits per heavy atom. The summed E-state index contributed by atoms with van der Waals surface area (Å²) in [5.74, 6) is -3.90. The minimum atomic E-state index is -4.61. The van der Waals surface area contributed by atoms with Crippen molar-refractivity contribution in [2.45, 2.75) is 12.1 Å². The van der Waals surface area contributed by atoms with Gasteiger partial charge in [0.05, 0.1) is 12.1 Å². The lowest BCUT2D eigenvalue weighted by molar-refractivity contribution is -0.137. The monoisotopic (exact) mass is 285 g/mol. The minimum absolute atomic E-state index is 0.107. The molecule has 0 saturated heterocycles. The molecule has 108 valence electrons. The molecule has 0 atom stereocenters. The molecule has 1 aromatic heterocycles. The van der Waals surface area contributed by atoms with Crippen molar-refractivity contribution in [3.63, 3.8) is 0 Å². The van der Waals surface area contributed by atoms with E-state index in [-0.39, 0.29) is 11.6 Å². The van der Waals surface area contributed by atoms with Crippen LogP contribution in [-0.4, -0.2) is 36.2 Å². The summed E-state index contributed by atoms with van der Waals surface area (Å²) in [4.78, 5) is 3.67. The van der Waals surface area contributed by atoms with Gasteiger partial charge in [-0.05, 0) is 12.1 Å². The van der Waals surface area contributed by atoms with Crippen molar-refractivity contribution in [2.24, 2.45) is 0 Å². The van der Waals surface area contributed by atoms with E-state index >= 15 is 0 Å². The predicted molar refractivity (Wildman–Crippen MR) is 59.3 cm³/mol. The summed E-state index contributed by atoms with van der Waals surface area (Å²) in [6, 6.07) is 1.38. The average Bonchev–Trinajstić information content (AvgIpc) is 2.35. The van der Waals surface area contributed by atoms with Gasteiger partial charge in [0.2, 0.25) is 0 Å². The van der Waals surface area contributed by atoms with Crippen LogP contribution in [0.3, 0.4) is 0 Å². The summed E-state index contributed by atoms with van der Waals surface area (Å²) in [7, 11) is 1.36. The van der Waals surface area contributed by atoms with E-state index in [1.165, 1.54) is 7.05 Å². The van der Waals surface area contributed by atoms with Crippen LogP contribution >= 0.6 is 0 Å². The number of alkyl halides is 5. The van der Waals surface area contributed by atoms with Crippen molar-refractivity contribution in [3.05, 3.63) is 17.7 Å². The second-order valence-corrected chi connectivity index (χ2v) is 3.74. The van der Waals surface area contributed by atoms with Gasteiger partial charge < -0.3 is 15.7 Å². The van der Waals surface area contributed by atoms with E-state index in [9.17, 15) is 22.0 Å². The van der Waals surface area contributed by atoms with Crippen LogP contribution in [0.5, 0.6) is 0 Å². The predicted octanol–water partition coefficient (Wildman–Crippen LogP) is 2.18. The van der Waals surface area contributed by atoms with Crippen molar-refractivity contribution in [3.8, 4) is 0 Å². The van der Waals surface area contributed by atoms with Crippen molar-refractivity contribution >= 4 is 11.6 Å². The number of halogens is 5. The van der Waals surface area contributed by atoms with Gasteiger partial charge in [0.1, 0.15) is 18.2 Å². The van der Waals surface area contributed by atoms with Crippen LogP contribution in [0.1, 0.15) is 5.56 Å². The van der Waals surface area contributed by atoms with Crippen LogP contribution in [0.25, 0.3) is 0 Å². The Morgan fingerprint density at radius 3 is 2.21 bits per heavy atom. The standard InChI is InChI=1S/C10H12F5N3O/c1-16-7-2-6(10(13,14)15)3-8(18-7)17-4-9(11,12)5-19/h2-3,19H,4-5H2,1H3,(H2,16,17,18). The summed E-state index contributed by atoms with van der Waals surface area (Å²) in [6.07, 6.45) is -4.61. The molecule has 1 rings (SSSR count). The topological polar surface area (TPSA) is 57.2 Å². The number of aromatic nitrogens is 1. The highest BCUT2D eigenvalue weighted by atomic mass is 19.4. The maximum atomic E-state index is 12.8. The molecule has 0 aromatic carbocycles. The Morgan fingerprint density at radius 2 is 1.74 bits per heavy atom. The Kier molecular flexibility index (Phi) is 4.51. The molecule has 0 aliphatic rings. The molecule has 0 radical (unpaired) electrons. The number of aliphatic hydroxyl groups is 1. The van der Waals surface area contributed by atoms with Gasteiger partial charge in [0, 0.05) is 7.05 Å². The molecule has 4 nitrogen and oxygen atoms in total. The van der Waals surface area contributed by atoms with Gasteiger partial charge in [0.25, 0.3) is 5.92 Å². The van der Waals surface area contributed by atoms with Crippen molar-refractivity contribution in [1.29, 1.82) is 0 Å². The summed E-state index contributed by atoms with van der Waals surface area (Å²) in [5, 5.41) is 12.8. The normalized spacial score (nSPS) is 12.4. The smallest absolute Gasteiger partial charge is 0.390 e. The van der Waals surface area contributed by atoms with Crippen LogP contribution in [-0.2, 0) is 6.18 Å². The van der Waals surface area contributed by atoms with Gasteiger partial charge >= 0.3 is 6.18 Å². The second kappa shape index (κ2) is 5.55. The second-order valence-electron chi connectivity index (χ2n) is 3.74. The quantitative estimate of drug-likeness (QED) is 0.726. The number of nitrogens with zero attached hydrogens (tertiary/aromatic N) is 1. The maximum absolute atomic E-state index is 12.8. The Balaban J connectivity index is 2.95. The van der Waals surface area contributed by atoms with E-state index in [4.69, 9.17) is 5.11 Å². The number of hydrogen-bond acceptors (Lipinski definition) is 4. The highest BCUT2D eigenvalue weighted by Crippen LogP contribution is 2.32. The highest BCUT2D eigenvalue weighted by molar-refractivity contribution is 5.49. The van der Waals surface area contributed by atoms with E-state index in [0.717, 1.165) is 6.07 Å². The molecule has 0 spiro atoms. The minimum Gasteiger partial charge on any atom is -0.390 e. The summed E-state index contributed by atoms with van der Waals surface area (Å²) in [5.41, 5.74) is -1.01. The van der Waals surface area contributed by atoms with Crippen LogP contribution in [0, 0.1) is 0 Å². The SMILES string of the molecule is CNc1cc(C(F)(F)F)cc(NCC(F)(F)CO)n1. The number of hydrogen-bond donors (Lipinski definition) is 3. The molecule has 1 aromatic rings. The van der Waals surface area contributed by atoms with Crippen molar-refractivity contribution < 1.29 is 27.1 Å². The van der Waals surface area contributed by atoms with E-state index in [0.29, 0.717) is 6.07 Å². The number of aliphatic hydroxyl groups excluding tert-OH is 1. The van der Waals surface area contributed by atoms with Crippen molar-refractivity contribution in [1.82, 2.24) is 4.98 Å². The molecule has 0 amide bonds. The van der Waals surface area contributed by atoms with Gasteiger partial charge in [0.15, 0.2) is 0 Å². The fourth-order valence-electron chi connectivity index (χ4n) is 1.19. The molecular formula is C10H12F5N3O. The third-order valence-electron chi connectivity index (χ3n) is 2.17. The van der Waals surface area contributed by atoms with Crippen LogP contribution < -0.4 is 10.6 Å². The molecule has 0 fully saturated rings. The zero-order valence-electron chi connectivity index (χ0n) is 9.85. The highest BCUT2D eigenvalue weighted by Gasteiger charge is 2.32. The van der Waals surface area contributed by atoms with Crippen molar-refractivity contribution in [2.75, 3.05) is 30.8 Å². The van der Waals surface area contributed by atoms with Gasteiger partial charge in [-0.1, -0.05) is 0 Å². The first-order valence-corrected chi connectivity index (χ1v) is 5.17. The van der Waals surface area contributed by atoms with Gasteiger partial charge in [-0.2, -0.15) is 13.2 Å². The zero-order valence-corrected chi connectivity index (χ0v) is 9.85. The fourth-order valence-corrected chi connectivity index (χ4v) is 1.19. The maximum Gasteiger partial charge on any atom is 0.416 e. The lowest BCUT2D eigenvalue weighted by Crippen LogP contribution is -2.31. The number of rotatable bonds is 5. The molecule has 0 saturated carbocycles. The van der Waals surface area contributed by atoms with E-state index < -0.39 is 30.8 Å². The zero-order chi connectivity index (χ0) is 14.7. The molecule has 19 heavy (non-hydrogen) atoms. The first-order valence-electron chi connectivity index (χ1n) is 5.17. The Hall–Kier alpha value is -1.64. The number of pyridine rings is 1. The van der Waals surface area contributed by atoms with E-state index in [2.05, 4.69) is 15.6 Å².